The number of fused-ring (bicyclic) bond motifs is 4. The summed E-state index contributed by atoms with van der Waals surface area (Å²) in [5.74, 6) is 0. The minimum absolute atomic E-state index is 1.09. The highest BCUT2D eigenvalue weighted by Crippen LogP contribution is 2.48. The van der Waals surface area contributed by atoms with Crippen LogP contribution in [0.25, 0.3) is 53.2 Å². The number of thiophene rings is 1. The molecule has 0 atom stereocenters. The Hall–Kier alpha value is -8.70. The van der Waals surface area contributed by atoms with E-state index in [9.17, 15) is 0 Å². The minimum Gasteiger partial charge on any atom is -0.310 e. The largest absolute Gasteiger partial charge is 0.310 e. The summed E-state index contributed by atoms with van der Waals surface area (Å²) in [6.45, 7) is 0. The molecule has 0 saturated heterocycles. The number of benzene rings is 11. The van der Waals surface area contributed by atoms with Crippen molar-refractivity contribution in [3.63, 3.8) is 0 Å². The fourth-order valence-corrected chi connectivity index (χ4v) is 10.8. The molecule has 12 aromatic rings. The minimum atomic E-state index is 1.09. The van der Waals surface area contributed by atoms with Crippen molar-refractivity contribution in [3.8, 4) is 22.3 Å². The van der Waals surface area contributed by atoms with E-state index in [4.69, 9.17) is 0 Å². The zero-order chi connectivity index (χ0) is 45.2. The van der Waals surface area contributed by atoms with Crippen molar-refractivity contribution in [3.05, 3.63) is 273 Å². The number of rotatable bonds is 11. The first-order valence-electron chi connectivity index (χ1n) is 23.1. The van der Waals surface area contributed by atoms with Gasteiger partial charge in [-0.05, 0) is 149 Å². The fourth-order valence-electron chi connectivity index (χ4n) is 9.57. The molecule has 0 radical (unpaired) electrons. The second-order valence-corrected chi connectivity index (χ2v) is 18.1. The highest BCUT2D eigenvalue weighted by Gasteiger charge is 2.21. The molecule has 0 spiro atoms. The summed E-state index contributed by atoms with van der Waals surface area (Å²) in [6.07, 6.45) is 0. The summed E-state index contributed by atoms with van der Waals surface area (Å²) in [4.78, 5) is 7.09. The highest BCUT2D eigenvalue weighted by molar-refractivity contribution is 7.26. The van der Waals surface area contributed by atoms with Crippen LogP contribution < -0.4 is 14.7 Å². The second-order valence-electron chi connectivity index (χ2n) is 17.0. The number of anilines is 9. The van der Waals surface area contributed by atoms with E-state index in [-0.39, 0.29) is 0 Å². The van der Waals surface area contributed by atoms with Crippen LogP contribution in [0.4, 0.5) is 51.2 Å². The van der Waals surface area contributed by atoms with E-state index in [0.717, 1.165) is 62.3 Å². The Bertz CT molecular complexity index is 3610. The Balaban J connectivity index is 1.06. The van der Waals surface area contributed by atoms with Crippen molar-refractivity contribution in [2.75, 3.05) is 14.7 Å². The molecule has 4 heteroatoms. The third-order valence-corrected chi connectivity index (χ3v) is 13.9. The van der Waals surface area contributed by atoms with Gasteiger partial charge in [-0.3, -0.25) is 0 Å². The first kappa shape index (κ1) is 40.8. The molecule has 0 N–H and O–H groups in total. The van der Waals surface area contributed by atoms with Crippen LogP contribution in [0.3, 0.4) is 0 Å². The van der Waals surface area contributed by atoms with Gasteiger partial charge in [0.25, 0.3) is 0 Å². The van der Waals surface area contributed by atoms with Crippen LogP contribution in [0.1, 0.15) is 0 Å². The van der Waals surface area contributed by atoms with E-state index < -0.39 is 0 Å². The monoisotopic (exact) mass is 887 g/mol. The second kappa shape index (κ2) is 17.9. The van der Waals surface area contributed by atoms with Gasteiger partial charge in [-0.2, -0.15) is 0 Å². The molecular weight excluding hydrogens is 843 g/mol. The van der Waals surface area contributed by atoms with Gasteiger partial charge in [-0.15, -0.1) is 11.3 Å². The van der Waals surface area contributed by atoms with Crippen LogP contribution in [0, 0.1) is 0 Å². The van der Waals surface area contributed by atoms with E-state index in [2.05, 4.69) is 288 Å². The summed E-state index contributed by atoms with van der Waals surface area (Å²) >= 11 is 1.87. The fraction of sp³-hybridized carbons (Fsp3) is 0. The molecular formula is C64H45N3S. The normalized spacial score (nSPS) is 11.2. The molecule has 0 aliphatic heterocycles. The predicted molar refractivity (Wildman–Crippen MR) is 292 cm³/mol. The van der Waals surface area contributed by atoms with E-state index >= 15 is 0 Å². The molecule has 0 aliphatic carbocycles. The molecule has 1 aromatic heterocycles. The van der Waals surface area contributed by atoms with Crippen molar-refractivity contribution in [2.45, 2.75) is 0 Å². The Kier molecular flexibility index (Phi) is 10.8. The van der Waals surface area contributed by atoms with Crippen LogP contribution in [0.2, 0.25) is 0 Å². The average molecular weight is 888 g/mol. The molecule has 0 fully saturated rings. The van der Waals surface area contributed by atoms with Gasteiger partial charge in [-0.25, -0.2) is 0 Å². The van der Waals surface area contributed by atoms with Crippen molar-refractivity contribution in [1.29, 1.82) is 0 Å². The van der Waals surface area contributed by atoms with Crippen LogP contribution in [0.15, 0.2) is 273 Å². The zero-order valence-electron chi connectivity index (χ0n) is 37.2. The van der Waals surface area contributed by atoms with E-state index in [0.29, 0.717) is 0 Å². The van der Waals surface area contributed by atoms with E-state index in [1.54, 1.807) is 0 Å². The zero-order valence-corrected chi connectivity index (χ0v) is 38.0. The van der Waals surface area contributed by atoms with Crippen LogP contribution >= 0.6 is 11.3 Å². The molecule has 1 heterocycles. The summed E-state index contributed by atoms with van der Waals surface area (Å²) in [5, 5.41) is 4.88. The first-order chi connectivity index (χ1) is 33.7. The summed E-state index contributed by atoms with van der Waals surface area (Å²) < 4.78 is 2.50. The number of para-hydroxylation sites is 5. The third kappa shape index (κ3) is 7.83. The van der Waals surface area contributed by atoms with Crippen LogP contribution in [0.5, 0.6) is 0 Å². The summed E-state index contributed by atoms with van der Waals surface area (Å²) in [6, 6.07) is 98.6. The molecule has 0 aliphatic rings. The van der Waals surface area contributed by atoms with Crippen molar-refractivity contribution in [2.24, 2.45) is 0 Å². The molecule has 322 valence electrons. The Morgan fingerprint density at radius 2 is 0.662 bits per heavy atom. The summed E-state index contributed by atoms with van der Waals surface area (Å²) in [5.41, 5.74) is 14.6. The lowest BCUT2D eigenvalue weighted by Crippen LogP contribution is -2.10. The maximum Gasteiger partial charge on any atom is 0.0475 e. The van der Waals surface area contributed by atoms with E-state index in [1.165, 1.54) is 42.1 Å². The van der Waals surface area contributed by atoms with Gasteiger partial charge in [0, 0.05) is 76.9 Å². The topological polar surface area (TPSA) is 9.72 Å². The van der Waals surface area contributed by atoms with Gasteiger partial charge in [0.05, 0.1) is 0 Å². The molecule has 11 aromatic carbocycles. The molecule has 3 nitrogen and oxygen atoms in total. The summed E-state index contributed by atoms with van der Waals surface area (Å²) in [7, 11) is 0. The lowest BCUT2D eigenvalue weighted by Gasteiger charge is -2.27. The highest BCUT2D eigenvalue weighted by atomic mass is 32.1. The predicted octanol–water partition coefficient (Wildman–Crippen LogP) is 19.0. The van der Waals surface area contributed by atoms with E-state index in [1.807, 2.05) is 11.3 Å². The van der Waals surface area contributed by atoms with Crippen molar-refractivity contribution in [1.82, 2.24) is 0 Å². The number of hydrogen-bond donors (Lipinski definition) is 0. The van der Waals surface area contributed by atoms with Crippen LogP contribution in [-0.4, -0.2) is 0 Å². The van der Waals surface area contributed by atoms with Gasteiger partial charge >= 0.3 is 0 Å². The molecule has 0 saturated carbocycles. The molecule has 68 heavy (non-hydrogen) atoms. The maximum atomic E-state index is 2.41. The lowest BCUT2D eigenvalue weighted by molar-refractivity contribution is 1.28. The number of hydrogen-bond acceptors (Lipinski definition) is 4. The van der Waals surface area contributed by atoms with Crippen molar-refractivity contribution < 1.29 is 0 Å². The van der Waals surface area contributed by atoms with Gasteiger partial charge in [0.2, 0.25) is 0 Å². The molecule has 0 bridgehead atoms. The number of nitrogens with zero attached hydrogens (tertiary/aromatic N) is 3. The first-order valence-corrected chi connectivity index (χ1v) is 23.9. The van der Waals surface area contributed by atoms with Crippen molar-refractivity contribution >= 4 is 93.5 Å². The molecule has 0 amide bonds. The van der Waals surface area contributed by atoms with Gasteiger partial charge in [0.15, 0.2) is 0 Å². The smallest absolute Gasteiger partial charge is 0.0475 e. The SMILES string of the molecule is c1ccc(N(c2ccccc2)c2cccc(-c3ccc4sc5c(-c6cccc(N(c7ccccc7)c7ccccc7)c6)cc(N(c6ccccc6)c6ccc7ccccc7c6)cc5c4c3)c2)cc1. The Morgan fingerprint density at radius 1 is 0.235 bits per heavy atom. The Labute approximate surface area is 401 Å². The average Bonchev–Trinajstić information content (AvgIpc) is 3.78. The van der Waals surface area contributed by atoms with Gasteiger partial charge in [0.1, 0.15) is 0 Å². The standard InChI is InChI=1S/C64H45N3S/c1-6-24-51(25-7-1)65(52-26-8-2-9-27-52)56-34-18-22-48(41-56)49-37-39-63-61(43-49)62-45-59(67(55-32-14-5-15-33-55)58-38-36-46-20-16-17-21-47(46)40-58)44-60(64(62)68-63)50-23-19-35-57(42-50)66(53-28-10-3-11-29-53)54-30-12-4-13-31-54/h1-45H. The lowest BCUT2D eigenvalue weighted by atomic mass is 9.98. The van der Waals surface area contributed by atoms with Gasteiger partial charge in [-0.1, -0.05) is 152 Å². The van der Waals surface area contributed by atoms with Gasteiger partial charge < -0.3 is 14.7 Å². The quantitative estimate of drug-likeness (QED) is 0.128. The Morgan fingerprint density at radius 3 is 1.21 bits per heavy atom. The van der Waals surface area contributed by atoms with Crippen LogP contribution in [-0.2, 0) is 0 Å². The maximum absolute atomic E-state index is 2.41. The molecule has 0 unspecified atom stereocenters. The molecule has 12 rings (SSSR count). The third-order valence-electron chi connectivity index (χ3n) is 12.7.